The summed E-state index contributed by atoms with van der Waals surface area (Å²) < 4.78 is 7.16. The smallest absolute Gasteiger partial charge is 0.214 e. The minimum absolute atomic E-state index is 0.101. The van der Waals surface area contributed by atoms with E-state index in [-0.39, 0.29) is 6.04 Å². The van der Waals surface area contributed by atoms with Crippen LogP contribution < -0.4 is 15.9 Å². The van der Waals surface area contributed by atoms with Crippen molar-refractivity contribution in [3.8, 4) is 5.75 Å². The molecule has 2 heterocycles. The number of hydrogen-bond acceptors (Lipinski definition) is 5. The molecule has 0 amide bonds. The third-order valence-corrected chi connectivity index (χ3v) is 5.06. The monoisotopic (exact) mass is 332 g/mol. The summed E-state index contributed by atoms with van der Waals surface area (Å²) in [5, 5.41) is 11.5. The lowest BCUT2D eigenvalue weighted by atomic mass is 10.00. The molecule has 1 aromatic carbocycles. The highest BCUT2D eigenvalue weighted by molar-refractivity contribution is 8.02. The number of ether oxygens (including phenoxy) is 1. The molecule has 0 unspecified atom stereocenters. The Bertz CT molecular complexity index is 710. The van der Waals surface area contributed by atoms with Gasteiger partial charge in [-0.2, -0.15) is 0 Å². The van der Waals surface area contributed by atoms with Gasteiger partial charge in [0.1, 0.15) is 11.8 Å². The van der Waals surface area contributed by atoms with Gasteiger partial charge in [0, 0.05) is 16.9 Å². The zero-order valence-corrected chi connectivity index (χ0v) is 14.4. The number of aromatic nitrogens is 3. The van der Waals surface area contributed by atoms with Crippen molar-refractivity contribution in [2.24, 2.45) is 5.92 Å². The summed E-state index contributed by atoms with van der Waals surface area (Å²) in [6, 6.07) is 8.07. The quantitative estimate of drug-likeness (QED) is 0.878. The van der Waals surface area contributed by atoms with Gasteiger partial charge in [-0.1, -0.05) is 25.6 Å². The van der Waals surface area contributed by atoms with Crippen molar-refractivity contribution in [2.75, 3.05) is 12.5 Å². The molecule has 0 saturated carbocycles. The summed E-state index contributed by atoms with van der Waals surface area (Å²) in [5.74, 6) is 2.17. The second-order valence-electron chi connectivity index (χ2n) is 5.66. The van der Waals surface area contributed by atoms with E-state index in [0.29, 0.717) is 5.92 Å². The van der Waals surface area contributed by atoms with Gasteiger partial charge in [-0.25, -0.2) is 4.68 Å². The topological polar surface area (TPSA) is 79.6 Å². The zero-order valence-electron chi connectivity index (χ0n) is 13.6. The third kappa shape index (κ3) is 3.07. The second kappa shape index (κ2) is 6.64. The third-order valence-electron chi connectivity index (χ3n) is 4.24. The molecule has 1 aliphatic rings. The van der Waals surface area contributed by atoms with Gasteiger partial charge in [0.25, 0.3) is 0 Å². The maximum Gasteiger partial charge on any atom is 0.214 e. The average molecular weight is 332 g/mol. The number of nitrogens with one attached hydrogen (secondary N) is 1. The standard InChI is InChI=1S/C16H21N5OS/c1-4-10(2)14(17)15-18-19-16-21(15)20-13(9-23-16)11-5-7-12(22-3)8-6-11/h5-10,14,20H,4,17H2,1-3H3/p+1/t10-,14-/m0/s1. The summed E-state index contributed by atoms with van der Waals surface area (Å²) in [4.78, 5) is 0. The van der Waals surface area contributed by atoms with E-state index in [9.17, 15) is 0 Å². The number of rotatable bonds is 5. The van der Waals surface area contributed by atoms with Crippen molar-refractivity contribution in [2.45, 2.75) is 31.5 Å². The molecule has 2 aromatic rings. The van der Waals surface area contributed by atoms with E-state index >= 15 is 0 Å². The first-order chi connectivity index (χ1) is 11.1. The Labute approximate surface area is 140 Å². The normalized spacial score (nSPS) is 16.1. The molecule has 1 aromatic heterocycles. The van der Waals surface area contributed by atoms with Crippen molar-refractivity contribution in [3.63, 3.8) is 0 Å². The molecule has 122 valence electrons. The van der Waals surface area contributed by atoms with Crippen molar-refractivity contribution >= 4 is 17.5 Å². The minimum Gasteiger partial charge on any atom is -0.497 e. The van der Waals surface area contributed by atoms with Crippen LogP contribution in [0.1, 0.15) is 37.7 Å². The molecule has 23 heavy (non-hydrogen) atoms. The molecule has 0 saturated heterocycles. The molecule has 0 bridgehead atoms. The Morgan fingerprint density at radius 3 is 2.70 bits per heavy atom. The van der Waals surface area contributed by atoms with Crippen LogP contribution in [0.4, 0.5) is 0 Å². The van der Waals surface area contributed by atoms with Gasteiger partial charge in [-0.15, -0.1) is 10.2 Å². The van der Waals surface area contributed by atoms with Gasteiger partial charge in [0.2, 0.25) is 11.0 Å². The molecule has 1 aliphatic heterocycles. The van der Waals surface area contributed by atoms with E-state index in [0.717, 1.165) is 34.4 Å². The summed E-state index contributed by atoms with van der Waals surface area (Å²) in [6.07, 6.45) is 1.06. The summed E-state index contributed by atoms with van der Waals surface area (Å²) in [5.41, 5.74) is 9.79. The molecule has 2 atom stereocenters. The number of fused-ring (bicyclic) bond motifs is 1. The fourth-order valence-electron chi connectivity index (χ4n) is 2.40. The Morgan fingerprint density at radius 1 is 1.30 bits per heavy atom. The van der Waals surface area contributed by atoms with Gasteiger partial charge in [-0.3, -0.25) is 5.43 Å². The lowest BCUT2D eigenvalue weighted by Crippen LogP contribution is -2.57. The number of hydrogen-bond donors (Lipinski definition) is 2. The van der Waals surface area contributed by atoms with Crippen LogP contribution in [0.3, 0.4) is 0 Å². The maximum atomic E-state index is 5.21. The molecule has 4 N–H and O–H groups in total. The molecule has 0 radical (unpaired) electrons. The highest BCUT2D eigenvalue weighted by Gasteiger charge is 2.27. The summed E-state index contributed by atoms with van der Waals surface area (Å²) >= 11 is 1.56. The van der Waals surface area contributed by atoms with Gasteiger partial charge in [0.05, 0.1) is 12.8 Å². The Balaban J connectivity index is 1.85. The van der Waals surface area contributed by atoms with Crippen molar-refractivity contribution in [1.82, 2.24) is 14.9 Å². The van der Waals surface area contributed by atoms with E-state index in [1.54, 1.807) is 18.9 Å². The summed E-state index contributed by atoms with van der Waals surface area (Å²) in [6.45, 7) is 4.36. The van der Waals surface area contributed by atoms with Crippen molar-refractivity contribution in [1.29, 1.82) is 0 Å². The fourth-order valence-corrected chi connectivity index (χ4v) is 3.15. The van der Waals surface area contributed by atoms with Gasteiger partial charge in [-0.05, 0) is 30.7 Å². The number of benzene rings is 1. The highest BCUT2D eigenvalue weighted by atomic mass is 32.2. The Kier molecular flexibility index (Phi) is 4.58. The maximum absolute atomic E-state index is 5.21. The van der Waals surface area contributed by atoms with Gasteiger partial charge >= 0.3 is 0 Å². The van der Waals surface area contributed by atoms with E-state index < -0.39 is 0 Å². The molecule has 6 nitrogen and oxygen atoms in total. The predicted octanol–water partition coefficient (Wildman–Crippen LogP) is 2.26. The van der Waals surface area contributed by atoms with Crippen LogP contribution in [0.2, 0.25) is 0 Å². The van der Waals surface area contributed by atoms with Gasteiger partial charge < -0.3 is 10.5 Å². The van der Waals surface area contributed by atoms with Crippen LogP contribution >= 0.6 is 11.8 Å². The fraction of sp³-hybridized carbons (Fsp3) is 0.375. The van der Waals surface area contributed by atoms with Crippen molar-refractivity contribution in [3.05, 3.63) is 41.1 Å². The number of quaternary nitrogens is 1. The Hall–Kier alpha value is -1.99. The minimum atomic E-state index is 0.101. The lowest BCUT2D eigenvalue weighted by molar-refractivity contribution is -0.442. The lowest BCUT2D eigenvalue weighted by Gasteiger charge is -2.21. The molecule has 3 rings (SSSR count). The number of methoxy groups -OCH3 is 1. The molecule has 0 aliphatic carbocycles. The van der Waals surface area contributed by atoms with Crippen molar-refractivity contribution < 1.29 is 10.5 Å². The van der Waals surface area contributed by atoms with Crippen LogP contribution in [0.15, 0.2) is 34.8 Å². The molecular formula is C16H22N5OS+. The van der Waals surface area contributed by atoms with Crippen LogP contribution in [0, 0.1) is 5.92 Å². The van der Waals surface area contributed by atoms with E-state index in [1.165, 1.54) is 0 Å². The van der Waals surface area contributed by atoms with E-state index in [4.69, 9.17) is 4.74 Å². The van der Waals surface area contributed by atoms with E-state index in [2.05, 4.69) is 40.6 Å². The first-order valence-corrected chi connectivity index (χ1v) is 8.58. The largest absolute Gasteiger partial charge is 0.497 e. The number of thioether (sulfide) groups is 1. The molecule has 0 spiro atoms. The van der Waals surface area contributed by atoms with E-state index in [1.807, 2.05) is 28.9 Å². The predicted molar refractivity (Wildman–Crippen MR) is 91.3 cm³/mol. The van der Waals surface area contributed by atoms with Crippen LogP contribution in [-0.2, 0) is 0 Å². The molecular weight excluding hydrogens is 310 g/mol. The first kappa shape index (κ1) is 15.9. The van der Waals surface area contributed by atoms with Crippen LogP contribution in [-0.4, -0.2) is 22.0 Å². The summed E-state index contributed by atoms with van der Waals surface area (Å²) in [7, 11) is 1.67. The Morgan fingerprint density at radius 2 is 2.04 bits per heavy atom. The average Bonchev–Trinajstić information content (AvgIpc) is 3.03. The second-order valence-corrected chi connectivity index (χ2v) is 6.49. The zero-order chi connectivity index (χ0) is 16.4. The molecule has 0 fully saturated rings. The van der Waals surface area contributed by atoms with Gasteiger partial charge in [0.15, 0.2) is 0 Å². The van der Waals surface area contributed by atoms with Crippen LogP contribution in [0.25, 0.3) is 5.70 Å². The highest BCUT2D eigenvalue weighted by Crippen LogP contribution is 2.31. The SMILES string of the molecule is CC[C@H](C)[C@H]([NH3+])c1nnc2n1NC(c1ccc(OC)cc1)=CS2. The first-order valence-electron chi connectivity index (χ1n) is 7.70. The number of nitrogens with zero attached hydrogens (tertiary/aromatic N) is 3. The molecule has 7 heteroatoms. The van der Waals surface area contributed by atoms with Crippen LogP contribution in [0.5, 0.6) is 5.75 Å².